The van der Waals surface area contributed by atoms with Crippen molar-refractivity contribution in [3.63, 3.8) is 0 Å². The number of hydrogen-bond acceptors (Lipinski definition) is 4. The van der Waals surface area contributed by atoms with Crippen LogP contribution in [0.15, 0.2) is 42.1 Å². The molecule has 0 saturated carbocycles. The van der Waals surface area contributed by atoms with Gasteiger partial charge in [-0.3, -0.25) is 10.1 Å². The number of nitro benzene ring substituents is 1. The third kappa shape index (κ3) is 2.69. The van der Waals surface area contributed by atoms with Crippen LogP contribution in [-0.4, -0.2) is 22.6 Å². The molecule has 0 amide bonds. The first-order valence-corrected chi connectivity index (χ1v) is 6.01. The van der Waals surface area contributed by atoms with Crippen molar-refractivity contribution in [1.29, 1.82) is 0 Å². The Balaban J connectivity index is 2.28. The number of hydrogen-bond donors (Lipinski definition) is 0. The number of carbonyl (C=O) groups is 1. The third-order valence-electron chi connectivity index (χ3n) is 3.07. The molecule has 0 saturated heterocycles. The van der Waals surface area contributed by atoms with Crippen molar-refractivity contribution in [3.05, 3.63) is 52.2 Å². The van der Waals surface area contributed by atoms with Gasteiger partial charge >= 0.3 is 5.97 Å². The second kappa shape index (κ2) is 5.56. The summed E-state index contributed by atoms with van der Waals surface area (Å²) in [7, 11) is 1.34. The molecule has 1 aromatic heterocycles. The molecule has 0 aliphatic rings. The van der Waals surface area contributed by atoms with Crippen molar-refractivity contribution in [2.45, 2.75) is 13.5 Å². The Morgan fingerprint density at radius 3 is 2.85 bits per heavy atom. The summed E-state index contributed by atoms with van der Waals surface area (Å²) in [4.78, 5) is 21.6. The van der Waals surface area contributed by atoms with E-state index >= 15 is 0 Å². The lowest BCUT2D eigenvalue weighted by molar-refractivity contribution is -0.384. The molecule has 0 radical (unpaired) electrons. The molecule has 2 aromatic rings. The normalized spacial score (nSPS) is 11.6. The molecule has 2 rings (SSSR count). The molecule has 20 heavy (non-hydrogen) atoms. The molecule has 6 nitrogen and oxygen atoms in total. The van der Waals surface area contributed by atoms with E-state index in [4.69, 9.17) is 0 Å². The molecular formula is C14H14N2O4. The Kier molecular flexibility index (Phi) is 3.84. The summed E-state index contributed by atoms with van der Waals surface area (Å²) in [5.41, 5.74) is 1.47. The van der Waals surface area contributed by atoms with E-state index in [1.165, 1.54) is 19.2 Å². The number of allylic oxidation sites excluding steroid dienone is 1. The number of rotatable bonds is 4. The Labute approximate surface area is 115 Å². The Morgan fingerprint density at radius 1 is 1.45 bits per heavy atom. The lowest BCUT2D eigenvalue weighted by Gasteiger charge is -2.03. The van der Waals surface area contributed by atoms with E-state index < -0.39 is 4.92 Å². The third-order valence-corrected chi connectivity index (χ3v) is 3.07. The number of nitro groups is 1. The summed E-state index contributed by atoms with van der Waals surface area (Å²) in [6, 6.07) is 6.51. The van der Waals surface area contributed by atoms with Crippen LogP contribution < -0.4 is 0 Å². The van der Waals surface area contributed by atoms with Crippen molar-refractivity contribution in [1.82, 2.24) is 4.57 Å². The quantitative estimate of drug-likeness (QED) is 0.372. The first kappa shape index (κ1) is 13.8. The van der Waals surface area contributed by atoms with Crippen LogP contribution in [0, 0.1) is 10.1 Å². The molecule has 0 spiro atoms. The van der Waals surface area contributed by atoms with Gasteiger partial charge < -0.3 is 9.30 Å². The highest BCUT2D eigenvalue weighted by molar-refractivity contribution is 5.87. The van der Waals surface area contributed by atoms with E-state index in [1.807, 2.05) is 16.8 Å². The maximum atomic E-state index is 11.3. The van der Waals surface area contributed by atoms with Crippen LogP contribution in [0.25, 0.3) is 10.9 Å². The molecule has 0 fully saturated rings. The van der Waals surface area contributed by atoms with E-state index in [9.17, 15) is 14.9 Å². The molecule has 6 heteroatoms. The Morgan fingerprint density at radius 2 is 2.20 bits per heavy atom. The summed E-state index contributed by atoms with van der Waals surface area (Å²) < 4.78 is 6.53. The number of fused-ring (bicyclic) bond motifs is 1. The Bertz CT molecular complexity index is 700. The zero-order valence-electron chi connectivity index (χ0n) is 11.2. The predicted molar refractivity (Wildman–Crippen MR) is 74.4 cm³/mol. The number of esters is 1. The number of aromatic nitrogens is 1. The standard InChI is InChI=1S/C14H14N2O4/c1-10(14(17)20-2)5-7-15-8-6-11-9-12(16(18)19)3-4-13(11)15/h3-6,8-9H,7H2,1-2H3. The van der Waals surface area contributed by atoms with Crippen LogP contribution in [0.5, 0.6) is 0 Å². The van der Waals surface area contributed by atoms with Crippen molar-refractivity contribution < 1.29 is 14.5 Å². The average molecular weight is 274 g/mol. The molecule has 0 bridgehead atoms. The second-order valence-corrected chi connectivity index (χ2v) is 4.35. The predicted octanol–water partition coefficient (Wildman–Crippen LogP) is 2.67. The van der Waals surface area contributed by atoms with Crippen LogP contribution in [0.1, 0.15) is 6.92 Å². The average Bonchev–Trinajstić information content (AvgIpc) is 2.85. The number of nitrogens with zero attached hydrogens (tertiary/aromatic N) is 2. The van der Waals surface area contributed by atoms with Crippen molar-refractivity contribution in [2.75, 3.05) is 7.11 Å². The lowest BCUT2D eigenvalue weighted by atomic mass is 10.2. The highest BCUT2D eigenvalue weighted by atomic mass is 16.6. The minimum absolute atomic E-state index is 0.0662. The maximum Gasteiger partial charge on any atom is 0.333 e. The van der Waals surface area contributed by atoms with Crippen molar-refractivity contribution in [3.8, 4) is 0 Å². The lowest BCUT2D eigenvalue weighted by Crippen LogP contribution is -2.03. The molecule has 0 atom stereocenters. The molecule has 1 aromatic carbocycles. The van der Waals surface area contributed by atoms with Gasteiger partial charge in [-0.25, -0.2) is 4.79 Å². The molecule has 104 valence electrons. The monoisotopic (exact) mass is 274 g/mol. The topological polar surface area (TPSA) is 74.4 Å². The van der Waals surface area contributed by atoms with Gasteiger partial charge in [0.05, 0.1) is 12.0 Å². The van der Waals surface area contributed by atoms with Crippen LogP contribution >= 0.6 is 0 Å². The molecular weight excluding hydrogens is 260 g/mol. The number of non-ortho nitro benzene ring substituents is 1. The van der Waals surface area contributed by atoms with Crippen LogP contribution in [-0.2, 0) is 16.1 Å². The van der Waals surface area contributed by atoms with Crippen LogP contribution in [0.2, 0.25) is 0 Å². The second-order valence-electron chi connectivity index (χ2n) is 4.35. The highest BCUT2D eigenvalue weighted by Gasteiger charge is 2.08. The van der Waals surface area contributed by atoms with E-state index in [0.717, 1.165) is 10.9 Å². The zero-order valence-corrected chi connectivity index (χ0v) is 11.2. The molecule has 0 aliphatic heterocycles. The molecule has 1 heterocycles. The largest absolute Gasteiger partial charge is 0.466 e. The molecule has 0 N–H and O–H groups in total. The number of ether oxygens (including phenoxy) is 1. The molecule has 0 aliphatic carbocycles. The summed E-state index contributed by atoms with van der Waals surface area (Å²) >= 11 is 0. The van der Waals surface area contributed by atoms with Crippen molar-refractivity contribution >= 4 is 22.6 Å². The number of benzene rings is 1. The minimum atomic E-state index is -0.419. The van der Waals surface area contributed by atoms with Crippen molar-refractivity contribution in [2.24, 2.45) is 0 Å². The summed E-state index contributed by atoms with van der Waals surface area (Å²) in [6.45, 7) is 2.19. The SMILES string of the molecule is COC(=O)C(C)=CCn1ccc2cc([N+](=O)[O-])ccc21. The number of carbonyl (C=O) groups excluding carboxylic acids is 1. The summed E-state index contributed by atoms with van der Waals surface area (Å²) in [5.74, 6) is -0.364. The molecule has 0 unspecified atom stereocenters. The first-order valence-electron chi connectivity index (χ1n) is 6.01. The smallest absolute Gasteiger partial charge is 0.333 e. The number of methoxy groups -OCH3 is 1. The summed E-state index contributed by atoms with van der Waals surface area (Å²) in [6.07, 6.45) is 3.59. The van der Waals surface area contributed by atoms with E-state index in [2.05, 4.69) is 4.74 Å². The van der Waals surface area contributed by atoms with Crippen LogP contribution in [0.3, 0.4) is 0 Å². The van der Waals surface area contributed by atoms with E-state index in [0.29, 0.717) is 12.1 Å². The highest BCUT2D eigenvalue weighted by Crippen LogP contribution is 2.22. The van der Waals surface area contributed by atoms with Gasteiger partial charge in [-0.1, -0.05) is 6.08 Å². The van der Waals surface area contributed by atoms with E-state index in [1.54, 1.807) is 19.1 Å². The van der Waals surface area contributed by atoms with Gasteiger partial charge in [-0.15, -0.1) is 0 Å². The fourth-order valence-corrected chi connectivity index (χ4v) is 1.94. The van der Waals surface area contributed by atoms with E-state index in [-0.39, 0.29) is 11.7 Å². The van der Waals surface area contributed by atoms with Gasteiger partial charge in [-0.05, 0) is 19.1 Å². The summed E-state index contributed by atoms with van der Waals surface area (Å²) in [5, 5.41) is 11.5. The Hall–Kier alpha value is -2.63. The van der Waals surface area contributed by atoms with Gasteiger partial charge in [-0.2, -0.15) is 0 Å². The van der Waals surface area contributed by atoms with Gasteiger partial charge in [0.15, 0.2) is 0 Å². The van der Waals surface area contributed by atoms with Gasteiger partial charge in [0, 0.05) is 41.4 Å². The van der Waals surface area contributed by atoms with Gasteiger partial charge in [0.25, 0.3) is 5.69 Å². The van der Waals surface area contributed by atoms with Gasteiger partial charge in [0.2, 0.25) is 0 Å². The maximum absolute atomic E-state index is 11.3. The van der Waals surface area contributed by atoms with Crippen LogP contribution in [0.4, 0.5) is 5.69 Å². The first-order chi connectivity index (χ1) is 9.52. The fourth-order valence-electron chi connectivity index (χ4n) is 1.94. The van der Waals surface area contributed by atoms with Gasteiger partial charge in [0.1, 0.15) is 0 Å². The fraction of sp³-hybridized carbons (Fsp3) is 0.214. The minimum Gasteiger partial charge on any atom is -0.466 e. The zero-order chi connectivity index (χ0) is 14.7.